The molecule has 36 heavy (non-hydrogen) atoms. The van der Waals surface area contributed by atoms with Crippen LogP contribution >= 0.6 is 0 Å². The van der Waals surface area contributed by atoms with Crippen molar-refractivity contribution in [3.05, 3.63) is 77.0 Å². The monoisotopic (exact) mass is 501 g/mol. The van der Waals surface area contributed by atoms with Crippen LogP contribution in [-0.4, -0.2) is 45.2 Å². The zero-order chi connectivity index (χ0) is 25.3. The van der Waals surface area contributed by atoms with Gasteiger partial charge in [0.05, 0.1) is 18.8 Å². The number of carbonyl (C=O) groups is 1. The van der Waals surface area contributed by atoms with E-state index in [0.717, 1.165) is 31.7 Å². The van der Waals surface area contributed by atoms with Crippen molar-refractivity contribution in [3.8, 4) is 0 Å². The molecule has 0 aliphatic carbocycles. The number of hydrogen-bond donors (Lipinski definition) is 0. The molecule has 10 heteroatoms. The molecule has 0 atom stereocenters. The quantitative estimate of drug-likeness (QED) is 0.477. The van der Waals surface area contributed by atoms with E-state index in [2.05, 4.69) is 15.0 Å². The summed E-state index contributed by atoms with van der Waals surface area (Å²) in [5, 5.41) is 3.88. The minimum atomic E-state index is -4.58. The van der Waals surface area contributed by atoms with E-state index in [0.29, 0.717) is 17.7 Å². The average molecular weight is 502 g/mol. The van der Waals surface area contributed by atoms with Gasteiger partial charge in [-0.05, 0) is 55.0 Å². The van der Waals surface area contributed by atoms with E-state index in [4.69, 9.17) is 0 Å². The first-order chi connectivity index (χ1) is 17.3. The molecule has 1 fully saturated rings. The Balaban J connectivity index is 1.26. The number of pyridine rings is 1. The van der Waals surface area contributed by atoms with Gasteiger partial charge in [-0.2, -0.15) is 18.3 Å². The van der Waals surface area contributed by atoms with E-state index in [1.54, 1.807) is 11.1 Å². The number of hydrogen-bond acceptors (Lipinski definition) is 4. The zero-order valence-corrected chi connectivity index (χ0v) is 19.7. The molecule has 5 rings (SSSR count). The molecule has 2 aliphatic rings. The summed E-state index contributed by atoms with van der Waals surface area (Å²) < 4.78 is 55.7. The van der Waals surface area contributed by atoms with Crippen LogP contribution < -0.4 is 4.90 Å². The number of amides is 1. The lowest BCUT2D eigenvalue weighted by Crippen LogP contribution is -2.40. The fourth-order valence-corrected chi connectivity index (χ4v) is 5.10. The smallest absolute Gasteiger partial charge is 0.357 e. The average Bonchev–Trinajstić information content (AvgIpc) is 3.24. The highest BCUT2D eigenvalue weighted by Crippen LogP contribution is 2.36. The Kier molecular flexibility index (Phi) is 6.68. The van der Waals surface area contributed by atoms with Crippen LogP contribution in [0.1, 0.15) is 41.8 Å². The van der Waals surface area contributed by atoms with Crippen LogP contribution in [0, 0.1) is 11.7 Å². The van der Waals surface area contributed by atoms with Crippen LogP contribution in [0.2, 0.25) is 0 Å². The van der Waals surface area contributed by atoms with Gasteiger partial charge in [0.2, 0.25) is 5.91 Å². The molecule has 0 N–H and O–H groups in total. The molecular formula is C26H27F4N5O. The van der Waals surface area contributed by atoms with E-state index >= 15 is 0 Å². The predicted octanol–water partition coefficient (Wildman–Crippen LogP) is 4.68. The molecule has 190 valence electrons. The molecule has 6 nitrogen and oxygen atoms in total. The minimum Gasteiger partial charge on any atom is -0.357 e. The number of aromatic nitrogens is 3. The number of nitrogens with zero attached hydrogens (tertiary/aromatic N) is 5. The van der Waals surface area contributed by atoms with Crippen molar-refractivity contribution < 1.29 is 22.4 Å². The molecule has 0 saturated carbocycles. The number of alkyl halides is 3. The van der Waals surface area contributed by atoms with Crippen LogP contribution in [0.4, 0.5) is 23.4 Å². The fraction of sp³-hybridized carbons (Fsp3) is 0.423. The number of rotatable bonds is 5. The van der Waals surface area contributed by atoms with Crippen molar-refractivity contribution in [1.82, 2.24) is 19.7 Å². The van der Waals surface area contributed by atoms with Crippen molar-refractivity contribution in [2.75, 3.05) is 24.5 Å². The molecule has 4 heterocycles. The first kappa shape index (κ1) is 24.3. The SMILES string of the molecule is O=C(CC1CCN(c2ccccn2)CC1)N1CCc2c(C(F)(F)F)nn(Cc3ccc(F)cc3)c2C1. The molecule has 2 aliphatic heterocycles. The Labute approximate surface area is 206 Å². The Morgan fingerprint density at radius 1 is 1.03 bits per heavy atom. The molecule has 0 unspecified atom stereocenters. The molecule has 1 amide bonds. The second-order valence-electron chi connectivity index (χ2n) is 9.44. The predicted molar refractivity (Wildman–Crippen MR) is 126 cm³/mol. The van der Waals surface area contributed by atoms with Crippen molar-refractivity contribution in [3.63, 3.8) is 0 Å². The maximum absolute atomic E-state index is 13.7. The third kappa shape index (κ3) is 5.22. The summed E-state index contributed by atoms with van der Waals surface area (Å²) in [6.45, 7) is 2.04. The Morgan fingerprint density at radius 2 is 1.78 bits per heavy atom. The number of carbonyl (C=O) groups excluding carboxylic acids is 1. The van der Waals surface area contributed by atoms with Crippen LogP contribution in [-0.2, 0) is 30.5 Å². The van der Waals surface area contributed by atoms with Gasteiger partial charge in [-0.3, -0.25) is 9.48 Å². The van der Waals surface area contributed by atoms with Crippen LogP contribution in [0.25, 0.3) is 0 Å². The molecular weight excluding hydrogens is 474 g/mol. The second-order valence-corrected chi connectivity index (χ2v) is 9.44. The molecule has 1 saturated heterocycles. The summed E-state index contributed by atoms with van der Waals surface area (Å²) in [6.07, 6.45) is -0.599. The Bertz CT molecular complexity index is 1200. The Hall–Kier alpha value is -3.43. The van der Waals surface area contributed by atoms with Crippen LogP contribution in [0.5, 0.6) is 0 Å². The van der Waals surface area contributed by atoms with Gasteiger partial charge in [0, 0.05) is 37.8 Å². The minimum absolute atomic E-state index is 0.0416. The number of anilines is 1. The normalized spacial score (nSPS) is 16.8. The largest absolute Gasteiger partial charge is 0.435 e. The third-order valence-electron chi connectivity index (χ3n) is 7.06. The molecule has 2 aromatic heterocycles. The van der Waals surface area contributed by atoms with Gasteiger partial charge < -0.3 is 9.80 Å². The van der Waals surface area contributed by atoms with Gasteiger partial charge in [-0.15, -0.1) is 0 Å². The Morgan fingerprint density at radius 3 is 2.44 bits per heavy atom. The topological polar surface area (TPSA) is 54.3 Å². The van der Waals surface area contributed by atoms with Gasteiger partial charge >= 0.3 is 6.18 Å². The lowest BCUT2D eigenvalue weighted by molar-refractivity contribution is -0.142. The van der Waals surface area contributed by atoms with Crippen LogP contribution in [0.3, 0.4) is 0 Å². The maximum atomic E-state index is 13.7. The summed E-state index contributed by atoms with van der Waals surface area (Å²) in [5.74, 6) is 0.703. The van der Waals surface area contributed by atoms with E-state index in [9.17, 15) is 22.4 Å². The number of fused-ring (bicyclic) bond motifs is 1. The number of halogens is 4. The van der Waals surface area contributed by atoms with Crippen molar-refractivity contribution in [1.29, 1.82) is 0 Å². The highest BCUT2D eigenvalue weighted by molar-refractivity contribution is 5.76. The molecule has 3 aromatic rings. The van der Waals surface area contributed by atoms with E-state index in [1.807, 2.05) is 18.2 Å². The lowest BCUT2D eigenvalue weighted by Gasteiger charge is -2.34. The summed E-state index contributed by atoms with van der Waals surface area (Å²) in [7, 11) is 0. The van der Waals surface area contributed by atoms with Gasteiger partial charge in [0.15, 0.2) is 5.69 Å². The van der Waals surface area contributed by atoms with Crippen molar-refractivity contribution in [2.24, 2.45) is 5.92 Å². The van der Waals surface area contributed by atoms with Gasteiger partial charge in [-0.1, -0.05) is 18.2 Å². The number of benzene rings is 1. The van der Waals surface area contributed by atoms with E-state index in [-0.39, 0.29) is 43.4 Å². The lowest BCUT2D eigenvalue weighted by atomic mass is 9.92. The van der Waals surface area contributed by atoms with E-state index in [1.165, 1.54) is 28.9 Å². The summed E-state index contributed by atoms with van der Waals surface area (Å²) in [4.78, 5) is 21.4. The van der Waals surface area contributed by atoms with Gasteiger partial charge in [-0.25, -0.2) is 9.37 Å². The van der Waals surface area contributed by atoms with Gasteiger partial charge in [0.25, 0.3) is 0 Å². The summed E-state index contributed by atoms with van der Waals surface area (Å²) >= 11 is 0. The number of piperidine rings is 1. The molecule has 0 bridgehead atoms. The highest BCUT2D eigenvalue weighted by Gasteiger charge is 2.41. The standard InChI is InChI=1S/C26H27F4N5O/c27-20-6-4-19(5-7-20)16-35-22-17-34(14-10-21(22)25(32-35)26(28,29)30)24(36)15-18-8-12-33(13-9-18)23-3-1-2-11-31-23/h1-7,11,18H,8-10,12-17H2. The third-order valence-corrected chi connectivity index (χ3v) is 7.06. The molecule has 0 spiro atoms. The van der Waals surface area contributed by atoms with Gasteiger partial charge in [0.1, 0.15) is 11.6 Å². The van der Waals surface area contributed by atoms with Crippen molar-refractivity contribution in [2.45, 2.75) is 44.9 Å². The second kappa shape index (κ2) is 9.91. The highest BCUT2D eigenvalue weighted by atomic mass is 19.4. The molecule has 0 radical (unpaired) electrons. The first-order valence-corrected chi connectivity index (χ1v) is 12.1. The van der Waals surface area contributed by atoms with E-state index < -0.39 is 17.7 Å². The zero-order valence-electron chi connectivity index (χ0n) is 19.7. The first-order valence-electron chi connectivity index (χ1n) is 12.1. The maximum Gasteiger partial charge on any atom is 0.435 e. The fourth-order valence-electron chi connectivity index (χ4n) is 5.10. The van der Waals surface area contributed by atoms with Crippen LogP contribution in [0.15, 0.2) is 48.7 Å². The van der Waals surface area contributed by atoms with Crippen molar-refractivity contribution >= 4 is 11.7 Å². The molecule has 1 aromatic carbocycles. The summed E-state index contributed by atoms with van der Waals surface area (Å²) in [6, 6.07) is 11.4. The summed E-state index contributed by atoms with van der Waals surface area (Å²) in [5.41, 5.74) is 0.292.